The number of nitrogens with one attached hydrogen (secondary N) is 2. The van der Waals surface area contributed by atoms with Crippen molar-refractivity contribution in [1.29, 1.82) is 0 Å². The van der Waals surface area contributed by atoms with E-state index in [9.17, 15) is 0 Å². The third-order valence-corrected chi connectivity index (χ3v) is 5.95. The van der Waals surface area contributed by atoms with Crippen LogP contribution in [-0.4, -0.2) is 19.8 Å². The molecule has 2 aromatic carbocycles. The molecule has 27 heavy (non-hydrogen) atoms. The number of rotatable bonds is 12. The highest BCUT2D eigenvalue weighted by Crippen LogP contribution is 2.40. The van der Waals surface area contributed by atoms with Crippen molar-refractivity contribution in [2.75, 3.05) is 13.6 Å². The Bertz CT molecular complexity index is 623. The zero-order chi connectivity index (χ0) is 19.5. The number of aryl methyl sites for hydroxylation is 1. The van der Waals surface area contributed by atoms with E-state index in [-0.39, 0.29) is 11.6 Å². The van der Waals surface area contributed by atoms with E-state index in [4.69, 9.17) is 0 Å². The third kappa shape index (κ3) is 5.67. The SMILES string of the molecule is CCNC(NC)C(CCCCCc1ccccc1)(c1ccccc1)C(C)C. The van der Waals surface area contributed by atoms with Crippen LogP contribution in [0.3, 0.4) is 0 Å². The molecule has 2 unspecified atom stereocenters. The average molecular weight is 367 g/mol. The summed E-state index contributed by atoms with van der Waals surface area (Å²) in [5.41, 5.74) is 3.00. The van der Waals surface area contributed by atoms with Crippen LogP contribution in [0.2, 0.25) is 0 Å². The number of hydrogen-bond acceptors (Lipinski definition) is 2. The van der Waals surface area contributed by atoms with Crippen molar-refractivity contribution < 1.29 is 0 Å². The van der Waals surface area contributed by atoms with Crippen molar-refractivity contribution in [2.24, 2.45) is 5.92 Å². The van der Waals surface area contributed by atoms with Gasteiger partial charge < -0.3 is 10.6 Å². The second-order valence-electron chi connectivity index (χ2n) is 7.89. The lowest BCUT2D eigenvalue weighted by atomic mass is 9.66. The summed E-state index contributed by atoms with van der Waals surface area (Å²) in [4.78, 5) is 0. The fourth-order valence-electron chi connectivity index (χ4n) is 4.47. The Morgan fingerprint density at radius 3 is 2.04 bits per heavy atom. The van der Waals surface area contributed by atoms with Crippen LogP contribution in [0.4, 0.5) is 0 Å². The summed E-state index contributed by atoms with van der Waals surface area (Å²) < 4.78 is 0. The van der Waals surface area contributed by atoms with Gasteiger partial charge in [-0.3, -0.25) is 0 Å². The summed E-state index contributed by atoms with van der Waals surface area (Å²) in [6.45, 7) is 7.92. The van der Waals surface area contributed by atoms with Crippen LogP contribution in [0.5, 0.6) is 0 Å². The van der Waals surface area contributed by atoms with E-state index in [1.54, 1.807) is 0 Å². The predicted octanol–water partition coefficient (Wildman–Crippen LogP) is 5.54. The largest absolute Gasteiger partial charge is 0.304 e. The average Bonchev–Trinajstić information content (AvgIpc) is 2.70. The van der Waals surface area contributed by atoms with Crippen molar-refractivity contribution in [3.63, 3.8) is 0 Å². The van der Waals surface area contributed by atoms with Gasteiger partial charge in [0.25, 0.3) is 0 Å². The molecular formula is C25H38N2. The molecule has 2 nitrogen and oxygen atoms in total. The van der Waals surface area contributed by atoms with Crippen LogP contribution >= 0.6 is 0 Å². The van der Waals surface area contributed by atoms with E-state index >= 15 is 0 Å². The molecule has 0 saturated carbocycles. The van der Waals surface area contributed by atoms with Gasteiger partial charge >= 0.3 is 0 Å². The number of benzene rings is 2. The Balaban J connectivity index is 2.09. The minimum Gasteiger partial charge on any atom is -0.304 e. The van der Waals surface area contributed by atoms with E-state index in [1.807, 2.05) is 0 Å². The standard InChI is InChI=1S/C25H38N2/c1-5-27-24(26-4)25(21(2)3,23-18-12-7-13-19-23)20-14-8-11-17-22-15-9-6-10-16-22/h6-7,9-10,12-13,15-16,18-19,21,24,26-27H,5,8,11,14,17,20H2,1-4H3. The molecule has 0 amide bonds. The molecule has 148 valence electrons. The van der Waals surface area contributed by atoms with Crippen molar-refractivity contribution in [3.8, 4) is 0 Å². The van der Waals surface area contributed by atoms with Gasteiger partial charge in [-0.05, 0) is 49.9 Å². The third-order valence-electron chi connectivity index (χ3n) is 5.95. The summed E-state index contributed by atoms with van der Waals surface area (Å²) in [5, 5.41) is 7.29. The molecule has 2 N–H and O–H groups in total. The number of hydrogen-bond donors (Lipinski definition) is 2. The molecule has 0 saturated heterocycles. The Labute approximate surface area is 166 Å². The minimum absolute atomic E-state index is 0.0960. The first kappa shape index (κ1) is 21.7. The maximum atomic E-state index is 3.71. The van der Waals surface area contributed by atoms with Crippen LogP contribution < -0.4 is 10.6 Å². The number of likely N-dealkylation sites (N-methyl/N-ethyl adjacent to an activating group) is 2. The van der Waals surface area contributed by atoms with E-state index in [0.717, 1.165) is 6.54 Å². The Hall–Kier alpha value is -1.64. The van der Waals surface area contributed by atoms with Gasteiger partial charge in [0.1, 0.15) is 0 Å². The van der Waals surface area contributed by atoms with Crippen molar-refractivity contribution in [2.45, 2.75) is 64.5 Å². The van der Waals surface area contributed by atoms with Gasteiger partial charge in [-0.2, -0.15) is 0 Å². The molecule has 2 atom stereocenters. The van der Waals surface area contributed by atoms with E-state index < -0.39 is 0 Å². The van der Waals surface area contributed by atoms with E-state index in [0.29, 0.717) is 5.92 Å². The predicted molar refractivity (Wildman–Crippen MR) is 118 cm³/mol. The summed E-state index contributed by atoms with van der Waals surface area (Å²) in [6.07, 6.45) is 6.45. The first-order valence-electron chi connectivity index (χ1n) is 10.6. The van der Waals surface area contributed by atoms with Gasteiger partial charge in [-0.1, -0.05) is 94.3 Å². The molecule has 0 radical (unpaired) electrons. The monoisotopic (exact) mass is 366 g/mol. The van der Waals surface area contributed by atoms with Crippen LogP contribution in [0.15, 0.2) is 60.7 Å². The zero-order valence-electron chi connectivity index (χ0n) is 17.7. The fourth-order valence-corrected chi connectivity index (χ4v) is 4.47. The highest BCUT2D eigenvalue weighted by molar-refractivity contribution is 5.28. The van der Waals surface area contributed by atoms with E-state index in [2.05, 4.69) is 99.1 Å². The van der Waals surface area contributed by atoms with Crippen molar-refractivity contribution in [3.05, 3.63) is 71.8 Å². The second-order valence-corrected chi connectivity index (χ2v) is 7.89. The quantitative estimate of drug-likeness (QED) is 0.381. The highest BCUT2D eigenvalue weighted by Gasteiger charge is 2.41. The van der Waals surface area contributed by atoms with Gasteiger partial charge in [0.2, 0.25) is 0 Å². The normalized spacial score (nSPS) is 14.9. The van der Waals surface area contributed by atoms with Gasteiger partial charge in [0, 0.05) is 5.41 Å². The molecule has 0 aliphatic rings. The topological polar surface area (TPSA) is 24.1 Å². The van der Waals surface area contributed by atoms with Crippen LogP contribution in [0.25, 0.3) is 0 Å². The lowest BCUT2D eigenvalue weighted by Crippen LogP contribution is -2.58. The highest BCUT2D eigenvalue weighted by atomic mass is 15.1. The van der Waals surface area contributed by atoms with Crippen molar-refractivity contribution in [1.82, 2.24) is 10.6 Å². The number of unbranched alkanes of at least 4 members (excludes halogenated alkanes) is 2. The van der Waals surface area contributed by atoms with Crippen LogP contribution in [0, 0.1) is 5.92 Å². The summed E-state index contributed by atoms with van der Waals surface area (Å²) in [7, 11) is 2.09. The smallest absolute Gasteiger partial charge is 0.0671 e. The van der Waals surface area contributed by atoms with Gasteiger partial charge in [0.05, 0.1) is 6.17 Å². The summed E-state index contributed by atoms with van der Waals surface area (Å²) in [6, 6.07) is 22.0. The molecule has 0 aliphatic carbocycles. The lowest BCUT2D eigenvalue weighted by Gasteiger charge is -2.45. The maximum absolute atomic E-state index is 3.71. The molecule has 0 aromatic heterocycles. The van der Waals surface area contributed by atoms with Gasteiger partial charge in [-0.25, -0.2) is 0 Å². The van der Waals surface area contributed by atoms with Gasteiger partial charge in [-0.15, -0.1) is 0 Å². The maximum Gasteiger partial charge on any atom is 0.0671 e. The first-order chi connectivity index (χ1) is 13.1. The fraction of sp³-hybridized carbons (Fsp3) is 0.520. The molecule has 2 aromatic rings. The summed E-state index contributed by atoms with van der Waals surface area (Å²) in [5.74, 6) is 0.547. The minimum atomic E-state index is 0.0960. The zero-order valence-corrected chi connectivity index (χ0v) is 17.7. The van der Waals surface area contributed by atoms with Crippen molar-refractivity contribution >= 4 is 0 Å². The van der Waals surface area contributed by atoms with Crippen LogP contribution in [0.1, 0.15) is 57.6 Å². The Morgan fingerprint density at radius 1 is 0.852 bits per heavy atom. The molecular weight excluding hydrogens is 328 g/mol. The molecule has 2 rings (SSSR count). The first-order valence-corrected chi connectivity index (χ1v) is 10.6. The molecule has 0 fully saturated rings. The van der Waals surface area contributed by atoms with Gasteiger partial charge in [0.15, 0.2) is 0 Å². The molecule has 0 bridgehead atoms. The second kappa shape index (κ2) is 11.3. The Morgan fingerprint density at radius 2 is 1.48 bits per heavy atom. The molecule has 0 spiro atoms. The van der Waals surface area contributed by atoms with Crippen LogP contribution in [-0.2, 0) is 11.8 Å². The molecule has 0 aliphatic heterocycles. The van der Waals surface area contributed by atoms with E-state index in [1.165, 1.54) is 43.2 Å². The molecule has 0 heterocycles. The Kier molecular flexibility index (Phi) is 9.03. The molecule has 2 heteroatoms. The summed E-state index contributed by atoms with van der Waals surface area (Å²) >= 11 is 0. The lowest BCUT2D eigenvalue weighted by molar-refractivity contribution is 0.174.